The van der Waals surface area contributed by atoms with E-state index in [4.69, 9.17) is 9.84 Å². The van der Waals surface area contributed by atoms with Gasteiger partial charge in [0.2, 0.25) is 5.91 Å². The molecule has 2 unspecified atom stereocenters. The molecule has 2 aliphatic rings. The summed E-state index contributed by atoms with van der Waals surface area (Å²) in [7, 11) is 0. The molecule has 2 N–H and O–H groups in total. The number of aliphatic carboxylic acids is 1. The Bertz CT molecular complexity index is 363. The van der Waals surface area contributed by atoms with E-state index >= 15 is 0 Å². The average Bonchev–Trinajstić information content (AvgIpc) is 2.75. The number of carbonyl (C=O) groups excluding carboxylic acids is 1. The second kappa shape index (κ2) is 6.57. The van der Waals surface area contributed by atoms with Gasteiger partial charge < -0.3 is 15.2 Å². The smallest absolute Gasteiger partial charge is 0.303 e. The molecule has 0 radical (unpaired) electrons. The van der Waals surface area contributed by atoms with Gasteiger partial charge in [0.1, 0.15) is 0 Å². The first-order valence-electron chi connectivity index (χ1n) is 7.62. The maximum atomic E-state index is 12.2. The highest BCUT2D eigenvalue weighted by Crippen LogP contribution is 2.44. The van der Waals surface area contributed by atoms with Gasteiger partial charge in [-0.25, -0.2) is 0 Å². The molecule has 2 atom stereocenters. The van der Waals surface area contributed by atoms with Crippen LogP contribution in [-0.2, 0) is 14.3 Å². The van der Waals surface area contributed by atoms with Gasteiger partial charge >= 0.3 is 5.97 Å². The zero-order chi connectivity index (χ0) is 14.6. The van der Waals surface area contributed by atoms with Gasteiger partial charge in [-0.2, -0.15) is 0 Å². The van der Waals surface area contributed by atoms with E-state index in [2.05, 4.69) is 5.32 Å². The van der Waals surface area contributed by atoms with Crippen LogP contribution in [0.15, 0.2) is 0 Å². The maximum absolute atomic E-state index is 12.2. The molecule has 0 aromatic carbocycles. The van der Waals surface area contributed by atoms with Gasteiger partial charge in [-0.15, -0.1) is 0 Å². The molecule has 2 rings (SSSR count). The molecule has 114 valence electrons. The Morgan fingerprint density at radius 3 is 2.60 bits per heavy atom. The van der Waals surface area contributed by atoms with E-state index in [-0.39, 0.29) is 29.9 Å². The zero-order valence-electron chi connectivity index (χ0n) is 12.2. The van der Waals surface area contributed by atoms with Crippen LogP contribution in [0.1, 0.15) is 58.3 Å². The number of ether oxygens (including phenoxy) is 1. The first-order chi connectivity index (χ1) is 9.49. The monoisotopic (exact) mass is 283 g/mol. The fourth-order valence-electron chi connectivity index (χ4n) is 3.61. The van der Waals surface area contributed by atoms with Crippen molar-refractivity contribution in [3.8, 4) is 0 Å². The Morgan fingerprint density at radius 2 is 2.00 bits per heavy atom. The van der Waals surface area contributed by atoms with Crippen molar-refractivity contribution in [2.75, 3.05) is 6.61 Å². The van der Waals surface area contributed by atoms with Crippen LogP contribution in [0.25, 0.3) is 0 Å². The second-order valence-electron chi connectivity index (χ2n) is 6.42. The Kier molecular flexibility index (Phi) is 5.02. The normalized spacial score (nSPS) is 29.1. The lowest BCUT2D eigenvalue weighted by Crippen LogP contribution is -2.43. The highest BCUT2D eigenvalue weighted by molar-refractivity contribution is 5.78. The van der Waals surface area contributed by atoms with E-state index < -0.39 is 5.97 Å². The third-order valence-electron chi connectivity index (χ3n) is 4.58. The standard InChI is InChI=1S/C15H25NO4/c1-11-8-12(4-7-20-11)16-13(17)9-15(10-14(18)19)5-2-3-6-15/h11-12H,2-10H2,1H3,(H,16,17)(H,18,19). The van der Waals surface area contributed by atoms with Crippen LogP contribution < -0.4 is 5.32 Å². The minimum atomic E-state index is -0.792. The molecule has 5 nitrogen and oxygen atoms in total. The molecule has 0 aromatic rings. The van der Waals surface area contributed by atoms with Crippen LogP contribution in [-0.4, -0.2) is 35.7 Å². The number of carbonyl (C=O) groups is 2. The van der Waals surface area contributed by atoms with Gasteiger partial charge in [-0.05, 0) is 38.0 Å². The summed E-state index contributed by atoms with van der Waals surface area (Å²) < 4.78 is 5.47. The second-order valence-corrected chi connectivity index (χ2v) is 6.42. The Hall–Kier alpha value is -1.10. The third kappa shape index (κ3) is 4.20. The van der Waals surface area contributed by atoms with Gasteiger partial charge in [0.05, 0.1) is 12.5 Å². The molecule has 5 heteroatoms. The minimum Gasteiger partial charge on any atom is -0.481 e. The highest BCUT2D eigenvalue weighted by atomic mass is 16.5. The number of hydrogen-bond acceptors (Lipinski definition) is 3. The van der Waals surface area contributed by atoms with Crippen LogP contribution in [0.4, 0.5) is 0 Å². The SMILES string of the molecule is CC1CC(NC(=O)CC2(CC(=O)O)CCCC2)CCO1. The highest BCUT2D eigenvalue weighted by Gasteiger charge is 2.38. The van der Waals surface area contributed by atoms with Gasteiger partial charge in [-0.1, -0.05) is 12.8 Å². The largest absolute Gasteiger partial charge is 0.481 e. The maximum Gasteiger partial charge on any atom is 0.303 e. The Morgan fingerprint density at radius 1 is 1.30 bits per heavy atom. The summed E-state index contributed by atoms with van der Waals surface area (Å²) in [6.07, 6.45) is 6.14. The van der Waals surface area contributed by atoms with Crippen LogP contribution in [0.2, 0.25) is 0 Å². The van der Waals surface area contributed by atoms with Crippen LogP contribution in [0.3, 0.4) is 0 Å². The predicted octanol–water partition coefficient (Wildman–Crippen LogP) is 2.10. The number of nitrogens with one attached hydrogen (secondary N) is 1. The van der Waals surface area contributed by atoms with E-state index in [1.807, 2.05) is 6.92 Å². The van der Waals surface area contributed by atoms with Crippen LogP contribution >= 0.6 is 0 Å². The molecule has 0 aromatic heterocycles. The summed E-state index contributed by atoms with van der Waals surface area (Å²) in [6.45, 7) is 2.70. The molecular formula is C15H25NO4. The first-order valence-corrected chi connectivity index (χ1v) is 7.62. The third-order valence-corrected chi connectivity index (χ3v) is 4.58. The van der Waals surface area contributed by atoms with Crippen molar-refractivity contribution in [3.63, 3.8) is 0 Å². The Labute approximate surface area is 120 Å². The van der Waals surface area contributed by atoms with Crippen molar-refractivity contribution in [3.05, 3.63) is 0 Å². The summed E-state index contributed by atoms with van der Waals surface area (Å²) in [6, 6.07) is 0.175. The number of carboxylic acids is 1. The first kappa shape index (κ1) is 15.3. The van der Waals surface area contributed by atoms with Crippen molar-refractivity contribution in [1.82, 2.24) is 5.32 Å². The van der Waals surface area contributed by atoms with E-state index in [1.54, 1.807) is 0 Å². The summed E-state index contributed by atoms with van der Waals surface area (Å²) in [5, 5.41) is 12.1. The lowest BCUT2D eigenvalue weighted by atomic mass is 9.79. The van der Waals surface area contributed by atoms with Gasteiger partial charge in [0, 0.05) is 19.1 Å². The molecule has 1 saturated carbocycles. The number of carboxylic acid groups (broad SMARTS) is 1. The predicted molar refractivity (Wildman–Crippen MR) is 74.3 cm³/mol. The molecular weight excluding hydrogens is 258 g/mol. The van der Waals surface area contributed by atoms with E-state index in [1.165, 1.54) is 0 Å². The summed E-state index contributed by atoms with van der Waals surface area (Å²) in [4.78, 5) is 23.2. The van der Waals surface area contributed by atoms with Crippen molar-refractivity contribution in [2.24, 2.45) is 5.41 Å². The molecule has 1 heterocycles. The molecule has 0 spiro atoms. The molecule has 1 aliphatic heterocycles. The van der Waals surface area contributed by atoms with Crippen molar-refractivity contribution < 1.29 is 19.4 Å². The van der Waals surface area contributed by atoms with Crippen molar-refractivity contribution in [1.29, 1.82) is 0 Å². The lowest BCUT2D eigenvalue weighted by Gasteiger charge is -2.31. The summed E-state index contributed by atoms with van der Waals surface area (Å²) in [5.74, 6) is -0.786. The Balaban J connectivity index is 1.86. The molecule has 1 amide bonds. The van der Waals surface area contributed by atoms with E-state index in [0.717, 1.165) is 38.5 Å². The summed E-state index contributed by atoms with van der Waals surface area (Å²) >= 11 is 0. The van der Waals surface area contributed by atoms with Crippen LogP contribution in [0, 0.1) is 5.41 Å². The fourth-order valence-corrected chi connectivity index (χ4v) is 3.61. The molecule has 1 aliphatic carbocycles. The van der Waals surface area contributed by atoms with Gasteiger partial charge in [-0.3, -0.25) is 9.59 Å². The van der Waals surface area contributed by atoms with E-state index in [9.17, 15) is 9.59 Å². The van der Waals surface area contributed by atoms with Gasteiger partial charge in [0.15, 0.2) is 0 Å². The number of hydrogen-bond donors (Lipinski definition) is 2. The quantitative estimate of drug-likeness (QED) is 0.810. The zero-order valence-corrected chi connectivity index (χ0v) is 12.2. The van der Waals surface area contributed by atoms with Crippen LogP contribution in [0.5, 0.6) is 0 Å². The lowest BCUT2D eigenvalue weighted by molar-refractivity contribution is -0.140. The van der Waals surface area contributed by atoms with Crippen molar-refractivity contribution in [2.45, 2.75) is 70.4 Å². The topological polar surface area (TPSA) is 75.6 Å². The van der Waals surface area contributed by atoms with Gasteiger partial charge in [0.25, 0.3) is 0 Å². The molecule has 0 bridgehead atoms. The fraction of sp³-hybridized carbons (Fsp3) is 0.867. The molecule has 1 saturated heterocycles. The minimum absolute atomic E-state index is 0.00671. The number of rotatable bonds is 5. The van der Waals surface area contributed by atoms with Crippen molar-refractivity contribution >= 4 is 11.9 Å². The molecule has 2 fully saturated rings. The number of amides is 1. The van der Waals surface area contributed by atoms with E-state index in [0.29, 0.717) is 13.0 Å². The summed E-state index contributed by atoms with van der Waals surface area (Å²) in [5.41, 5.74) is -0.313. The average molecular weight is 283 g/mol. The molecule has 20 heavy (non-hydrogen) atoms.